The third-order valence-corrected chi connectivity index (χ3v) is 2.28. The molecule has 0 heterocycles. The molecule has 0 unspecified atom stereocenters. The van der Waals surface area contributed by atoms with Crippen LogP contribution in [0.25, 0.3) is 0 Å². The fourth-order valence-corrected chi connectivity index (χ4v) is 1.34. The zero-order valence-electron chi connectivity index (χ0n) is 10.9. The van der Waals surface area contributed by atoms with Crippen LogP contribution >= 0.6 is 0 Å². The fourth-order valence-electron chi connectivity index (χ4n) is 1.34. The van der Waals surface area contributed by atoms with Gasteiger partial charge in [-0.2, -0.15) is 0 Å². The summed E-state index contributed by atoms with van der Waals surface area (Å²) in [4.78, 5) is 22.9. The summed E-state index contributed by atoms with van der Waals surface area (Å²) >= 11 is 0. The van der Waals surface area contributed by atoms with Gasteiger partial charge in [-0.3, -0.25) is 10.2 Å². The van der Waals surface area contributed by atoms with Gasteiger partial charge in [0.2, 0.25) is 0 Å². The molecule has 0 aromatic heterocycles. The van der Waals surface area contributed by atoms with Gasteiger partial charge in [0, 0.05) is 25.3 Å². The minimum Gasteiger partial charge on any atom is -0.382 e. The minimum absolute atomic E-state index is 0.356. The van der Waals surface area contributed by atoms with Crippen LogP contribution in [-0.2, 0) is 4.74 Å². The number of carbonyl (C=O) groups excluding carboxylic acids is 2. The zero-order chi connectivity index (χ0) is 13.9. The second kappa shape index (κ2) is 8.93. The number of carbonyl (C=O) groups is 2. The number of rotatable bonds is 6. The van der Waals surface area contributed by atoms with Crippen molar-refractivity contribution < 1.29 is 14.3 Å². The number of benzene rings is 1. The van der Waals surface area contributed by atoms with E-state index in [0.29, 0.717) is 25.3 Å². The third-order valence-electron chi connectivity index (χ3n) is 2.28. The molecule has 0 bridgehead atoms. The monoisotopic (exact) mass is 265 g/mol. The first kappa shape index (κ1) is 15.0. The Balaban J connectivity index is 2.15. The highest BCUT2D eigenvalue weighted by Crippen LogP contribution is 1.96. The SMILES string of the molecule is CCOCCCNC(=O)NNC(=O)c1ccccc1. The van der Waals surface area contributed by atoms with Gasteiger partial charge in [-0.1, -0.05) is 18.2 Å². The molecule has 3 N–H and O–H groups in total. The van der Waals surface area contributed by atoms with Crippen molar-refractivity contribution >= 4 is 11.9 Å². The highest BCUT2D eigenvalue weighted by atomic mass is 16.5. The number of hydrogen-bond acceptors (Lipinski definition) is 3. The number of amides is 3. The Morgan fingerprint density at radius 1 is 1.16 bits per heavy atom. The molecule has 0 spiro atoms. The average Bonchev–Trinajstić information content (AvgIpc) is 2.45. The van der Waals surface area contributed by atoms with Crippen LogP contribution in [0.2, 0.25) is 0 Å². The molecule has 0 saturated carbocycles. The molecule has 0 saturated heterocycles. The van der Waals surface area contributed by atoms with E-state index in [0.717, 1.165) is 6.42 Å². The molecular weight excluding hydrogens is 246 g/mol. The number of hydrazine groups is 1. The minimum atomic E-state index is -0.444. The maximum absolute atomic E-state index is 11.6. The molecule has 0 atom stereocenters. The summed E-state index contributed by atoms with van der Waals surface area (Å²) in [5, 5.41) is 2.60. The van der Waals surface area contributed by atoms with Crippen molar-refractivity contribution in [2.75, 3.05) is 19.8 Å². The normalized spacial score (nSPS) is 9.74. The van der Waals surface area contributed by atoms with Crippen LogP contribution in [0.15, 0.2) is 30.3 Å². The van der Waals surface area contributed by atoms with Gasteiger partial charge in [0.1, 0.15) is 0 Å². The van der Waals surface area contributed by atoms with Crippen molar-refractivity contribution in [3.8, 4) is 0 Å². The smallest absolute Gasteiger partial charge is 0.333 e. The lowest BCUT2D eigenvalue weighted by Gasteiger charge is -2.08. The summed E-state index contributed by atoms with van der Waals surface area (Å²) in [7, 11) is 0. The molecule has 0 aliphatic heterocycles. The molecule has 1 aromatic carbocycles. The summed E-state index contributed by atoms with van der Waals surface area (Å²) in [6.07, 6.45) is 0.730. The predicted molar refractivity (Wildman–Crippen MR) is 71.6 cm³/mol. The van der Waals surface area contributed by atoms with Gasteiger partial charge >= 0.3 is 6.03 Å². The zero-order valence-corrected chi connectivity index (χ0v) is 10.9. The van der Waals surface area contributed by atoms with Crippen molar-refractivity contribution in [1.82, 2.24) is 16.2 Å². The summed E-state index contributed by atoms with van der Waals surface area (Å²) in [6.45, 7) is 3.68. The largest absolute Gasteiger partial charge is 0.382 e. The second-order valence-electron chi connectivity index (χ2n) is 3.75. The lowest BCUT2D eigenvalue weighted by atomic mass is 10.2. The van der Waals surface area contributed by atoms with Gasteiger partial charge in [-0.05, 0) is 25.5 Å². The van der Waals surface area contributed by atoms with Gasteiger partial charge in [0.05, 0.1) is 0 Å². The lowest BCUT2D eigenvalue weighted by Crippen LogP contribution is -2.47. The lowest BCUT2D eigenvalue weighted by molar-refractivity contribution is 0.0936. The Bertz CT molecular complexity index is 395. The van der Waals surface area contributed by atoms with Crippen LogP contribution in [-0.4, -0.2) is 31.7 Å². The highest BCUT2D eigenvalue weighted by Gasteiger charge is 2.05. The van der Waals surface area contributed by atoms with E-state index in [1.807, 2.05) is 13.0 Å². The molecule has 19 heavy (non-hydrogen) atoms. The molecule has 6 nitrogen and oxygen atoms in total. The van der Waals surface area contributed by atoms with Crippen molar-refractivity contribution in [3.05, 3.63) is 35.9 Å². The molecule has 104 valence electrons. The van der Waals surface area contributed by atoms with Crippen LogP contribution in [0, 0.1) is 0 Å². The Kier molecular flexibility index (Phi) is 7.04. The molecule has 1 aromatic rings. The van der Waals surface area contributed by atoms with Gasteiger partial charge < -0.3 is 10.1 Å². The van der Waals surface area contributed by atoms with Crippen LogP contribution in [0.4, 0.5) is 4.79 Å². The van der Waals surface area contributed by atoms with E-state index in [4.69, 9.17) is 4.74 Å². The van der Waals surface area contributed by atoms with E-state index in [1.54, 1.807) is 24.3 Å². The van der Waals surface area contributed by atoms with E-state index in [-0.39, 0.29) is 5.91 Å². The third kappa shape index (κ3) is 6.42. The summed E-state index contributed by atoms with van der Waals surface area (Å²) in [6, 6.07) is 8.20. The molecule has 0 radical (unpaired) electrons. The van der Waals surface area contributed by atoms with Gasteiger partial charge in [0.25, 0.3) is 5.91 Å². The molecule has 0 aliphatic rings. The number of urea groups is 1. The molecule has 6 heteroatoms. The molecule has 1 rings (SSSR count). The first-order valence-corrected chi connectivity index (χ1v) is 6.21. The number of nitrogens with one attached hydrogen (secondary N) is 3. The van der Waals surface area contributed by atoms with Crippen molar-refractivity contribution in [2.24, 2.45) is 0 Å². The van der Waals surface area contributed by atoms with Gasteiger partial charge in [-0.25, -0.2) is 10.2 Å². The Labute approximate surface area is 112 Å². The maximum atomic E-state index is 11.6. The van der Waals surface area contributed by atoms with Gasteiger partial charge in [0.15, 0.2) is 0 Å². The summed E-state index contributed by atoms with van der Waals surface area (Å²) in [5.74, 6) is -0.356. The van der Waals surface area contributed by atoms with Crippen molar-refractivity contribution in [3.63, 3.8) is 0 Å². The Morgan fingerprint density at radius 3 is 2.58 bits per heavy atom. The first-order valence-electron chi connectivity index (χ1n) is 6.21. The van der Waals surface area contributed by atoms with Crippen LogP contribution in [0.5, 0.6) is 0 Å². The van der Waals surface area contributed by atoms with E-state index in [1.165, 1.54) is 0 Å². The molecular formula is C13H19N3O3. The number of ether oxygens (including phenoxy) is 1. The second-order valence-corrected chi connectivity index (χ2v) is 3.75. The summed E-state index contributed by atoms with van der Waals surface area (Å²) in [5.41, 5.74) is 5.09. The van der Waals surface area contributed by atoms with E-state index in [2.05, 4.69) is 16.2 Å². The van der Waals surface area contributed by atoms with Crippen molar-refractivity contribution in [1.29, 1.82) is 0 Å². The van der Waals surface area contributed by atoms with Crippen molar-refractivity contribution in [2.45, 2.75) is 13.3 Å². The van der Waals surface area contributed by atoms with Crippen LogP contribution < -0.4 is 16.2 Å². The maximum Gasteiger partial charge on any atom is 0.333 e. The number of hydrogen-bond donors (Lipinski definition) is 3. The first-order chi connectivity index (χ1) is 9.24. The Hall–Kier alpha value is -2.08. The van der Waals surface area contributed by atoms with Crippen LogP contribution in [0.3, 0.4) is 0 Å². The van der Waals surface area contributed by atoms with E-state index in [9.17, 15) is 9.59 Å². The molecule has 0 fully saturated rings. The standard InChI is InChI=1S/C13H19N3O3/c1-2-19-10-6-9-14-13(18)16-15-12(17)11-7-4-3-5-8-11/h3-5,7-8H,2,6,9-10H2,1H3,(H,15,17)(H2,14,16,18). The fraction of sp³-hybridized carbons (Fsp3) is 0.385. The van der Waals surface area contributed by atoms with E-state index < -0.39 is 6.03 Å². The van der Waals surface area contributed by atoms with Gasteiger partial charge in [-0.15, -0.1) is 0 Å². The molecule has 0 aliphatic carbocycles. The van der Waals surface area contributed by atoms with Crippen LogP contribution in [0.1, 0.15) is 23.7 Å². The predicted octanol–water partition coefficient (Wildman–Crippen LogP) is 1.06. The Morgan fingerprint density at radius 2 is 1.89 bits per heavy atom. The quantitative estimate of drug-likeness (QED) is 0.531. The van der Waals surface area contributed by atoms with E-state index >= 15 is 0 Å². The average molecular weight is 265 g/mol. The highest BCUT2D eigenvalue weighted by molar-refractivity contribution is 5.95. The molecule has 3 amide bonds. The summed E-state index contributed by atoms with van der Waals surface area (Å²) < 4.78 is 5.13. The topological polar surface area (TPSA) is 79.5 Å².